The molecule has 16 heteroatoms. The summed E-state index contributed by atoms with van der Waals surface area (Å²) in [5, 5.41) is 80.3. The summed E-state index contributed by atoms with van der Waals surface area (Å²) in [7, 11) is 0. The fraction of sp³-hybridized carbons (Fsp3) is 0.477. The fourth-order valence-corrected chi connectivity index (χ4v) is 22.6. The van der Waals surface area contributed by atoms with Gasteiger partial charge < -0.3 is 60.8 Å². The van der Waals surface area contributed by atoms with Crippen LogP contribution in [0.25, 0.3) is 88.1 Å². The Morgan fingerprint density at radius 2 is 0.651 bits per heavy atom. The van der Waals surface area contributed by atoms with Crippen molar-refractivity contribution in [2.45, 2.75) is 391 Å². The molecule has 0 aliphatic heterocycles. The number of hydrogen-bond acceptors (Lipinski definition) is 12. The van der Waals surface area contributed by atoms with Gasteiger partial charge in [-0.1, -0.05) is 242 Å². The van der Waals surface area contributed by atoms with Gasteiger partial charge in [-0.3, -0.25) is 0 Å². The van der Waals surface area contributed by atoms with E-state index in [0.717, 1.165) is 80.2 Å². The Morgan fingerprint density at radius 1 is 0.315 bits per heavy atom. The van der Waals surface area contributed by atoms with Gasteiger partial charge in [0.1, 0.15) is 0 Å². The molecule has 0 saturated heterocycles. The van der Waals surface area contributed by atoms with Gasteiger partial charge in [0.25, 0.3) is 0 Å². The van der Waals surface area contributed by atoms with Crippen LogP contribution in [0.4, 0.5) is 0 Å². The predicted octanol–water partition coefficient (Wildman–Crippen LogP) is 34.8. The van der Waals surface area contributed by atoms with Crippen molar-refractivity contribution in [1.29, 1.82) is 0 Å². The first kappa shape index (κ1) is 125. The van der Waals surface area contributed by atoms with Crippen molar-refractivity contribution in [3.8, 4) is 45.0 Å². The van der Waals surface area contributed by atoms with Crippen molar-refractivity contribution in [3.05, 3.63) is 307 Å². The molecule has 796 valence electrons. The average molecular weight is 2680 g/mol. The fourth-order valence-electron chi connectivity index (χ4n) is 22.6. The van der Waals surface area contributed by atoms with Gasteiger partial charge in [0.05, 0.1) is 47.5 Å². The van der Waals surface area contributed by atoms with E-state index in [0.29, 0.717) is 48.2 Å². The number of aliphatic hydroxyl groups is 8. The third-order valence-electron chi connectivity index (χ3n) is 28.7. The van der Waals surface area contributed by atoms with Crippen molar-refractivity contribution in [2.24, 2.45) is 11.8 Å². The van der Waals surface area contributed by atoms with Gasteiger partial charge in [-0.15, -0.1) is 140 Å². The summed E-state index contributed by atoms with van der Waals surface area (Å²) < 4.78 is 0. The molecule has 4 heterocycles. The van der Waals surface area contributed by atoms with Crippen LogP contribution in [0.1, 0.15) is 400 Å². The van der Waals surface area contributed by atoms with Gasteiger partial charge in [0.2, 0.25) is 0 Å². The first-order valence-corrected chi connectivity index (χ1v) is 53.7. The number of allylic oxidation sites excluding steroid dienone is 4. The van der Waals surface area contributed by atoms with Crippen molar-refractivity contribution < 1.29 is 121 Å². The number of pyridine rings is 4. The topological polar surface area (TPSA) is 213 Å². The van der Waals surface area contributed by atoms with Crippen LogP contribution in [0, 0.1) is 91.5 Å². The van der Waals surface area contributed by atoms with E-state index in [1.165, 1.54) is 297 Å². The van der Waals surface area contributed by atoms with Gasteiger partial charge in [0.15, 0.2) is 0 Å². The van der Waals surface area contributed by atoms with Gasteiger partial charge in [-0.2, -0.15) is 0 Å². The molecule has 0 bridgehead atoms. The number of hydrogen-bond donors (Lipinski definition) is 8. The molecule has 4 atom stereocenters. The van der Waals surface area contributed by atoms with E-state index in [1.54, 1.807) is 49.1 Å². The second-order valence-corrected chi connectivity index (χ2v) is 43.8. The van der Waals surface area contributed by atoms with Crippen LogP contribution in [-0.4, -0.2) is 85.2 Å². The van der Waals surface area contributed by atoms with Crippen molar-refractivity contribution in [3.63, 3.8) is 0 Å². The zero-order valence-corrected chi connectivity index (χ0v) is 101. The Bertz CT molecular complexity index is 6060. The average Bonchev–Trinajstić information content (AvgIpc) is 1.46. The molecule has 8 aromatic carbocycles. The first-order chi connectivity index (χ1) is 67.7. The summed E-state index contributed by atoms with van der Waals surface area (Å²) in [5.41, 5.74) is 30.9. The minimum Gasteiger partial charge on any atom is -0.513 e. The molecule has 8 N–H and O–H groups in total. The van der Waals surface area contributed by atoms with E-state index >= 15 is 0 Å². The maximum atomic E-state index is 9.47. The molecule has 4 aromatic heterocycles. The first-order valence-electron chi connectivity index (χ1n) is 53.7. The Kier molecular flexibility index (Phi) is 52.1. The molecule has 6 aliphatic rings. The van der Waals surface area contributed by atoms with Crippen molar-refractivity contribution in [2.75, 3.05) is 0 Å². The molecule has 6 saturated carbocycles. The Balaban J connectivity index is 0.000000237. The summed E-state index contributed by atoms with van der Waals surface area (Å²) >= 11 is 0. The maximum Gasteiger partial charge on any atom is 0.0911 e. The summed E-state index contributed by atoms with van der Waals surface area (Å²) in [4.78, 5) is 19.5. The molecule has 12 aromatic rings. The number of aryl methyl sites for hydroxylation is 8. The minimum atomic E-state index is -0.537. The molecule has 6 aliphatic carbocycles. The molecular formula is C130H168Ir4N4O8-4. The third kappa shape index (κ3) is 37.2. The molecule has 18 rings (SSSR count). The minimum absolute atomic E-state index is 0. The monoisotopic (exact) mass is 2690 g/mol. The van der Waals surface area contributed by atoms with Gasteiger partial charge in [-0.05, 0) is 337 Å². The van der Waals surface area contributed by atoms with Crippen LogP contribution in [-0.2, 0) is 80.4 Å². The zero-order chi connectivity index (χ0) is 103. The predicted molar refractivity (Wildman–Crippen MR) is 597 cm³/mol. The van der Waals surface area contributed by atoms with Gasteiger partial charge in [0, 0.05) is 112 Å². The molecular weight excluding hydrogens is 2510 g/mol. The summed E-state index contributed by atoms with van der Waals surface area (Å²) in [5.74, 6) is 7.07. The number of rotatable bonds is 20. The second kappa shape index (κ2) is 60.9. The largest absolute Gasteiger partial charge is 0.513 e. The van der Waals surface area contributed by atoms with Crippen LogP contribution < -0.4 is 0 Å². The van der Waals surface area contributed by atoms with E-state index in [1.807, 2.05) is 32.4 Å². The van der Waals surface area contributed by atoms with Crippen LogP contribution in [0.2, 0.25) is 0 Å². The summed E-state index contributed by atoms with van der Waals surface area (Å²) in [6.45, 7) is 43.7. The van der Waals surface area contributed by atoms with E-state index in [9.17, 15) is 10.2 Å². The number of nitrogens with zero attached hydrogens (tertiary/aromatic N) is 4. The van der Waals surface area contributed by atoms with E-state index in [4.69, 9.17) is 50.6 Å². The van der Waals surface area contributed by atoms with E-state index in [2.05, 4.69) is 249 Å². The number of fused-ring (bicyclic) bond motifs is 4. The summed E-state index contributed by atoms with van der Waals surface area (Å²) in [6, 6.07) is 60.5. The van der Waals surface area contributed by atoms with Crippen LogP contribution in [0.3, 0.4) is 0 Å². The standard InChI is InChI=1S/3C27H30N.C23H26N.C11H22O2.3C5H10O2.4Ir/c1-18-13-19(2)15-23(14-18)27-26-17-22(20-7-3-4-8-20)16-25(21-9-5-6-10-21)24(26)11-12-28-27;1-18-13-19(2)15-23(14-18)27-26-17-25(21-9-5-6-10-21)24(20-7-3-4-8-20)16-22(26)11-12-28-27;1-18-13-19(2)15-23(14-18)27-25-16-22(20-7-3-4-8-20)11-12-24(25)26(17-28-27)21-9-5-6-10-21;1-14(2)18-12-21(15(3)4)20-7-8-24-23(22(20)13-18)19-10-16(5)9-17(6)11-19;1-8(2)5-10(12)7-11(13)6-9(3)4;3*1-4(6)3-5(2)7;;;;/h3*11-14,16-17,20-21H,3-10H2,1-2H3;7-10,12-15H,1-6H3;7-10,12-13H,5-6H2,1-4H3;3*3-4,6-7H,1-2H3;;;;/q4*-1;;;;;;;;. The quantitative estimate of drug-likeness (QED) is 0.0264. The number of benzene rings is 8. The van der Waals surface area contributed by atoms with E-state index < -0.39 is 24.4 Å². The molecule has 0 spiro atoms. The Morgan fingerprint density at radius 3 is 1.01 bits per heavy atom. The third-order valence-corrected chi connectivity index (χ3v) is 28.7. The number of aliphatic hydroxyl groups excluding tert-OH is 8. The second-order valence-electron chi connectivity index (χ2n) is 43.8. The number of aromatic nitrogens is 4. The Hall–Kier alpha value is -8.00. The van der Waals surface area contributed by atoms with Crippen LogP contribution >= 0.6 is 0 Å². The van der Waals surface area contributed by atoms with Gasteiger partial charge >= 0.3 is 0 Å². The van der Waals surface area contributed by atoms with Crippen molar-refractivity contribution in [1.82, 2.24) is 19.9 Å². The molecule has 6 fully saturated rings. The smallest absolute Gasteiger partial charge is 0.0911 e. The SMILES string of the molecule is CC(C)CC(O)=CC(O)CC(C)C.CC(O)=CC(C)O.CC(O)=CC(C)O.CC(O)=CC(C)O.Cc1[c-]c(-c2ncc(C3CCCC3)c3ccc(C4CCCC4)cc23)cc(C)c1.Cc1[c-]c(-c2nccc3c(C(C)C)cc(C(C)C)cc23)cc(C)c1.Cc1[c-]c(-c2nccc3c(C4CCCC4)cc(C4CCCC4)cc23)cc(C)c1.Cc1[c-]c(-c2nccc3cc(C4CCCC4)c(C4CCCC4)cc23)cc(C)c1.[Ir].[Ir].[Ir].[Ir]. The zero-order valence-electron chi connectivity index (χ0n) is 91.3. The van der Waals surface area contributed by atoms with Crippen molar-refractivity contribution >= 4 is 43.1 Å². The van der Waals surface area contributed by atoms with Gasteiger partial charge in [-0.25, -0.2) is 0 Å². The van der Waals surface area contributed by atoms with Crippen LogP contribution in [0.5, 0.6) is 0 Å². The normalized spacial score (nSPS) is 16.3. The molecule has 12 nitrogen and oxygen atoms in total. The molecule has 0 amide bonds. The van der Waals surface area contributed by atoms with E-state index in [-0.39, 0.29) is 97.7 Å². The molecule has 4 radical (unpaired) electrons. The Labute approximate surface area is 930 Å². The molecule has 146 heavy (non-hydrogen) atoms. The summed E-state index contributed by atoms with van der Waals surface area (Å²) in [6.07, 6.45) is 45.7. The molecule has 4 unspecified atom stereocenters. The maximum absolute atomic E-state index is 9.47. The van der Waals surface area contributed by atoms with Crippen LogP contribution in [0.15, 0.2) is 193 Å².